The summed E-state index contributed by atoms with van der Waals surface area (Å²) < 4.78 is -4.11. The Hall–Kier alpha value is 6.24. The molecule has 0 saturated carbocycles. The third kappa shape index (κ3) is 5.24. The highest BCUT2D eigenvalue weighted by Crippen LogP contribution is 2.74. The van der Waals surface area contributed by atoms with Crippen LogP contribution < -0.4 is 0 Å². The molecule has 0 aromatic carbocycles. The van der Waals surface area contributed by atoms with Crippen molar-refractivity contribution in [1.82, 2.24) is 0 Å². The summed E-state index contributed by atoms with van der Waals surface area (Å²) >= 11 is 48.0. The minimum Gasteiger partial charge on any atom is -0.0701 e. The van der Waals surface area contributed by atoms with Gasteiger partial charge in [0.2, 0.25) is 0 Å². The van der Waals surface area contributed by atoms with Crippen LogP contribution in [0.25, 0.3) is 0 Å². The molecule has 0 fully saturated rings. The van der Waals surface area contributed by atoms with Crippen LogP contribution in [0.1, 0.15) is 13.3 Å². The van der Waals surface area contributed by atoms with E-state index in [2.05, 4.69) is 214 Å². The summed E-state index contributed by atoms with van der Waals surface area (Å²) in [6.07, 6.45) is 0.790. The molecule has 21 heavy (non-hydrogen) atoms. The Balaban J connectivity index is 6.14. The zero-order chi connectivity index (χ0) is 17.7. The molecule has 128 valence electrons. The van der Waals surface area contributed by atoms with Crippen molar-refractivity contribution in [1.29, 1.82) is 0 Å². The van der Waals surface area contributed by atoms with Crippen molar-refractivity contribution in [2.24, 2.45) is 0 Å². The van der Waals surface area contributed by atoms with E-state index < -0.39 is 18.3 Å². The summed E-state index contributed by atoms with van der Waals surface area (Å²) in [4.78, 5) is 0. The van der Waals surface area contributed by atoms with Gasteiger partial charge >= 0.3 is 0 Å². The van der Waals surface area contributed by atoms with Crippen LogP contribution >= 0.6 is 207 Å². The van der Waals surface area contributed by atoms with Crippen molar-refractivity contribution in [2.75, 3.05) is 0 Å². The van der Waals surface area contributed by atoms with Gasteiger partial charge in [-0.2, -0.15) is 0 Å². The highest BCUT2D eigenvalue weighted by Gasteiger charge is 2.72. The quantitative estimate of drug-likeness (QED) is 0.241. The molecule has 0 amide bonds. The lowest BCUT2D eigenvalue weighted by atomic mass is 10.1. The van der Waals surface area contributed by atoms with E-state index in [1.54, 1.807) is 0 Å². The van der Waals surface area contributed by atoms with Crippen LogP contribution in [0.3, 0.4) is 0 Å². The first kappa shape index (κ1) is 27.2. The largest absolute Gasteiger partial charge is 0.162 e. The predicted octanol–water partition coefficient (Wildman–Crippen LogP) is 10.7. The highest BCUT2D eigenvalue weighted by molar-refractivity contribution is 9.42. The van der Waals surface area contributed by atoms with Gasteiger partial charge in [0.15, 0.2) is 2.14 Å². The Morgan fingerprint density at radius 2 is 0.762 bits per heavy atom. The van der Waals surface area contributed by atoms with Crippen LogP contribution in [0, 0.1) is 0 Å². The van der Waals surface area contributed by atoms with Gasteiger partial charge in [-0.1, -0.05) is 214 Å². The molecular weight excluding hydrogens is 1130 g/mol. The highest BCUT2D eigenvalue weighted by atomic mass is 80.0. The van der Waals surface area contributed by atoms with Crippen molar-refractivity contribution in [3.05, 3.63) is 0 Å². The lowest BCUT2D eigenvalue weighted by Gasteiger charge is -2.54. The zero-order valence-electron chi connectivity index (χ0n) is 9.62. The van der Waals surface area contributed by atoms with E-state index in [0.29, 0.717) is 0 Å². The fourth-order valence-electron chi connectivity index (χ4n) is 1.02. The molecule has 0 aliphatic heterocycles. The van der Waals surface area contributed by atoms with Crippen molar-refractivity contribution in [3.63, 3.8) is 0 Å². The smallest absolute Gasteiger partial charge is 0.0701 e. The van der Waals surface area contributed by atoms with Crippen LogP contribution in [0.2, 0.25) is 0 Å². The van der Waals surface area contributed by atoms with E-state index in [4.69, 9.17) is 0 Å². The summed E-state index contributed by atoms with van der Waals surface area (Å²) in [5.74, 6) is 0. The Labute approximate surface area is 234 Å². The van der Waals surface area contributed by atoms with Crippen LogP contribution in [-0.4, -0.2) is 18.3 Å². The lowest BCUT2D eigenvalue weighted by Crippen LogP contribution is -2.63. The van der Waals surface area contributed by atoms with Crippen LogP contribution in [0.5, 0.6) is 0 Å². The van der Waals surface area contributed by atoms with Gasteiger partial charge in [-0.15, -0.1) is 0 Å². The van der Waals surface area contributed by atoms with E-state index in [0.717, 1.165) is 6.42 Å². The van der Waals surface area contributed by atoms with Crippen LogP contribution in [-0.2, 0) is 0 Å². The lowest BCUT2D eigenvalue weighted by molar-refractivity contribution is 0.610. The van der Waals surface area contributed by atoms with Gasteiger partial charge in [0.1, 0.15) is 16.2 Å². The molecule has 0 N–H and O–H groups in total. The molecular formula is C8H5Br13. The summed E-state index contributed by atoms with van der Waals surface area (Å²) in [5.41, 5.74) is 0. The predicted molar refractivity (Wildman–Crippen MR) is 143 cm³/mol. The third-order valence-corrected chi connectivity index (χ3v) is 27.9. The van der Waals surface area contributed by atoms with E-state index >= 15 is 0 Å². The second-order valence-electron chi connectivity index (χ2n) is 3.85. The topological polar surface area (TPSA) is 0 Å². The molecule has 0 aromatic rings. The Kier molecular flexibility index (Phi) is 11.6. The fraction of sp³-hybridized carbons (Fsp3) is 1.00. The van der Waals surface area contributed by atoms with Gasteiger partial charge in [-0.05, 0) is 6.42 Å². The maximum Gasteiger partial charge on any atom is 0.162 e. The van der Waals surface area contributed by atoms with Gasteiger partial charge in [-0.25, -0.2) is 0 Å². The molecule has 0 saturated heterocycles. The van der Waals surface area contributed by atoms with Gasteiger partial charge in [-0.3, -0.25) is 0 Å². The number of rotatable bonds is 5. The first-order valence-electron chi connectivity index (χ1n) is 4.77. The molecule has 0 atom stereocenters. The summed E-state index contributed by atoms with van der Waals surface area (Å²) in [7, 11) is 0. The van der Waals surface area contributed by atoms with Gasteiger partial charge in [0, 0.05) is 0 Å². The summed E-state index contributed by atoms with van der Waals surface area (Å²) in [6.45, 7) is 2.06. The fourth-order valence-corrected chi connectivity index (χ4v) is 11.5. The maximum atomic E-state index is 3.78. The van der Waals surface area contributed by atoms with E-state index in [-0.39, 0.29) is 0 Å². The second kappa shape index (κ2) is 8.94. The molecule has 13 heteroatoms. The number of hydrogen-bond donors (Lipinski definition) is 0. The minimum absolute atomic E-state index is 0.462. The Morgan fingerprint density at radius 3 is 1.00 bits per heavy atom. The molecule has 0 aliphatic carbocycles. The third-order valence-electron chi connectivity index (χ3n) is 2.44. The van der Waals surface area contributed by atoms with Crippen molar-refractivity contribution in [3.8, 4) is 0 Å². The second-order valence-corrected chi connectivity index (χ2v) is 28.2. The SMILES string of the molecule is CCC(Br)(Br)C(Br)(Br)C(Br)(Br)C(Br)(Br)C(Br)(Br)C(Br)(Br)Br. The normalized spacial score (nSPS) is 16.3. The Morgan fingerprint density at radius 1 is 0.476 bits per heavy atom. The number of halogens is 13. The number of alkyl halides is 13. The van der Waals surface area contributed by atoms with Gasteiger partial charge in [0.25, 0.3) is 0 Å². The average Bonchev–Trinajstić information content (AvgIpc) is 2.26. The number of hydrogen-bond acceptors (Lipinski definition) is 0. The van der Waals surface area contributed by atoms with E-state index in [9.17, 15) is 0 Å². The molecule has 0 bridgehead atoms. The standard InChI is InChI=1S/C8H5Br13/c1-2-3(9,10)4(11,12)5(13,14)6(15,16)7(17,18)8(19,20)21/h2H2,1H3. The Bertz CT molecular complexity index is 376. The monoisotopic (exact) mass is 1130 g/mol. The van der Waals surface area contributed by atoms with Crippen molar-refractivity contribution >= 4 is 207 Å². The molecule has 0 nitrogen and oxygen atoms in total. The van der Waals surface area contributed by atoms with Gasteiger partial charge < -0.3 is 0 Å². The van der Waals surface area contributed by atoms with Crippen molar-refractivity contribution in [2.45, 2.75) is 31.7 Å². The van der Waals surface area contributed by atoms with E-state index in [1.165, 1.54) is 0 Å². The summed E-state index contributed by atoms with van der Waals surface area (Å²) in [6, 6.07) is 0. The minimum atomic E-state index is -0.786. The molecule has 0 heterocycles. The first-order chi connectivity index (χ1) is 8.81. The first-order valence-corrected chi connectivity index (χ1v) is 15.1. The molecule has 0 radical (unpaired) electrons. The summed E-state index contributed by atoms with van der Waals surface area (Å²) in [5, 5.41) is 0. The van der Waals surface area contributed by atoms with E-state index in [1.807, 2.05) is 0 Å². The van der Waals surface area contributed by atoms with Crippen LogP contribution in [0.4, 0.5) is 0 Å². The molecule has 0 spiro atoms. The molecule has 0 aliphatic rings. The average molecular weight is 1140 g/mol. The van der Waals surface area contributed by atoms with Crippen molar-refractivity contribution < 1.29 is 0 Å². The zero-order valence-corrected chi connectivity index (χ0v) is 30.2. The molecule has 0 rings (SSSR count). The van der Waals surface area contributed by atoms with Crippen LogP contribution in [0.15, 0.2) is 0 Å². The molecule has 0 unspecified atom stereocenters. The molecule has 0 aromatic heterocycles. The maximum absolute atomic E-state index is 3.78. The van der Waals surface area contributed by atoms with Gasteiger partial charge in [0.05, 0.1) is 0 Å².